The third kappa shape index (κ3) is 2.67. The quantitative estimate of drug-likeness (QED) is 0.240. The Hall–Kier alpha value is -4.82. The summed E-state index contributed by atoms with van der Waals surface area (Å²) in [5.74, 6) is 0. The highest BCUT2D eigenvalue weighted by Gasteiger charge is 2.18. The zero-order valence-electron chi connectivity index (χ0n) is 19.4. The van der Waals surface area contributed by atoms with E-state index in [1.807, 2.05) is 12.1 Å². The molecule has 168 valence electrons. The third-order valence-electron chi connectivity index (χ3n) is 7.35. The molecular weight excluding hydrogens is 440 g/mol. The maximum atomic E-state index is 6.31. The second-order valence-electron chi connectivity index (χ2n) is 9.29. The first-order valence-electron chi connectivity index (χ1n) is 12.2. The van der Waals surface area contributed by atoms with E-state index >= 15 is 0 Å². The molecule has 0 unspecified atom stereocenters. The van der Waals surface area contributed by atoms with Crippen LogP contribution in [0.5, 0.6) is 0 Å². The lowest BCUT2D eigenvalue weighted by Crippen LogP contribution is -1.90. The highest BCUT2D eigenvalue weighted by molar-refractivity contribution is 6.22. The zero-order valence-corrected chi connectivity index (χ0v) is 19.4. The summed E-state index contributed by atoms with van der Waals surface area (Å²) in [4.78, 5) is 0. The van der Waals surface area contributed by atoms with E-state index in [0.717, 1.165) is 32.9 Å². The van der Waals surface area contributed by atoms with E-state index in [4.69, 9.17) is 8.83 Å². The van der Waals surface area contributed by atoms with E-state index < -0.39 is 0 Å². The average molecular weight is 461 g/mol. The van der Waals surface area contributed by atoms with Crippen LogP contribution >= 0.6 is 0 Å². The number of furan rings is 2. The summed E-state index contributed by atoms with van der Waals surface area (Å²) < 4.78 is 11.9. The number of hydrogen-bond acceptors (Lipinski definition) is 2. The second-order valence-corrected chi connectivity index (χ2v) is 9.29. The van der Waals surface area contributed by atoms with Crippen LogP contribution in [0, 0.1) is 0 Å². The number of fused-ring (bicyclic) bond motifs is 7. The van der Waals surface area contributed by atoms with Crippen LogP contribution in [-0.2, 0) is 0 Å². The molecule has 0 bridgehead atoms. The molecule has 0 saturated heterocycles. The van der Waals surface area contributed by atoms with Crippen LogP contribution in [-0.4, -0.2) is 0 Å². The molecule has 0 aliphatic rings. The summed E-state index contributed by atoms with van der Waals surface area (Å²) in [7, 11) is 0. The molecule has 8 rings (SSSR count). The minimum atomic E-state index is 0.843. The van der Waals surface area contributed by atoms with Gasteiger partial charge in [-0.15, -0.1) is 0 Å². The van der Waals surface area contributed by atoms with Gasteiger partial charge in [-0.1, -0.05) is 84.9 Å². The lowest BCUT2D eigenvalue weighted by Gasteiger charge is -2.17. The molecule has 2 heterocycles. The monoisotopic (exact) mass is 460 g/mol. The maximum Gasteiger partial charge on any atom is 0.146 e. The Morgan fingerprint density at radius 3 is 1.69 bits per heavy atom. The van der Waals surface area contributed by atoms with Crippen molar-refractivity contribution in [1.29, 1.82) is 0 Å². The molecular formula is C34H20O2. The second kappa shape index (κ2) is 7.34. The van der Waals surface area contributed by atoms with Gasteiger partial charge >= 0.3 is 0 Å². The van der Waals surface area contributed by atoms with E-state index in [-0.39, 0.29) is 0 Å². The van der Waals surface area contributed by atoms with E-state index in [1.54, 1.807) is 6.26 Å². The molecule has 0 atom stereocenters. The van der Waals surface area contributed by atoms with Crippen molar-refractivity contribution in [2.75, 3.05) is 0 Å². The van der Waals surface area contributed by atoms with Crippen LogP contribution < -0.4 is 0 Å². The van der Waals surface area contributed by atoms with Gasteiger partial charge in [0.05, 0.1) is 11.6 Å². The Kier molecular flexibility index (Phi) is 3.97. The Bertz CT molecular complexity index is 2030. The molecule has 0 fully saturated rings. The lowest BCUT2D eigenvalue weighted by molar-refractivity contribution is 0.615. The van der Waals surface area contributed by atoms with Gasteiger partial charge in [0.25, 0.3) is 0 Å². The average Bonchev–Trinajstić information content (AvgIpc) is 3.56. The van der Waals surface area contributed by atoms with Crippen molar-refractivity contribution in [3.05, 3.63) is 122 Å². The standard InChI is InChI=1S/C34H20O2/c1-2-8-21(9-3-1)32-23-10-4-6-12-25(23)33(26-13-7-5-11-24(26)32)22-14-16-31-29(20-22)27-15-17-30-28(18-19-35-30)34(27)36-31/h1-20H. The molecule has 2 heteroatoms. The summed E-state index contributed by atoms with van der Waals surface area (Å²) in [5, 5.41) is 8.25. The molecule has 0 spiro atoms. The van der Waals surface area contributed by atoms with Crippen LogP contribution in [0.1, 0.15) is 0 Å². The smallest absolute Gasteiger partial charge is 0.146 e. The first kappa shape index (κ1) is 19.5. The van der Waals surface area contributed by atoms with Gasteiger partial charge in [-0.05, 0) is 74.1 Å². The van der Waals surface area contributed by atoms with Crippen LogP contribution in [0.4, 0.5) is 0 Å². The van der Waals surface area contributed by atoms with Gasteiger partial charge in [0.15, 0.2) is 0 Å². The number of rotatable bonds is 2. The zero-order chi connectivity index (χ0) is 23.6. The molecule has 0 N–H and O–H groups in total. The topological polar surface area (TPSA) is 26.3 Å². The normalized spacial score (nSPS) is 11.9. The molecule has 6 aromatic carbocycles. The van der Waals surface area contributed by atoms with Crippen LogP contribution in [0.25, 0.3) is 76.7 Å². The Morgan fingerprint density at radius 1 is 0.389 bits per heavy atom. The highest BCUT2D eigenvalue weighted by Crippen LogP contribution is 2.45. The van der Waals surface area contributed by atoms with Crippen molar-refractivity contribution in [1.82, 2.24) is 0 Å². The first-order valence-corrected chi connectivity index (χ1v) is 12.2. The molecule has 0 aliphatic heterocycles. The summed E-state index contributed by atoms with van der Waals surface area (Å²) in [6.07, 6.45) is 1.72. The van der Waals surface area contributed by atoms with Crippen molar-refractivity contribution in [3.63, 3.8) is 0 Å². The van der Waals surface area contributed by atoms with Gasteiger partial charge in [-0.2, -0.15) is 0 Å². The van der Waals surface area contributed by atoms with Gasteiger partial charge in [0.2, 0.25) is 0 Å². The van der Waals surface area contributed by atoms with Gasteiger partial charge < -0.3 is 8.83 Å². The molecule has 0 saturated carbocycles. The van der Waals surface area contributed by atoms with Crippen molar-refractivity contribution >= 4 is 54.5 Å². The van der Waals surface area contributed by atoms with Gasteiger partial charge in [0.1, 0.15) is 16.7 Å². The van der Waals surface area contributed by atoms with E-state index in [1.165, 1.54) is 43.8 Å². The van der Waals surface area contributed by atoms with Crippen molar-refractivity contribution in [2.24, 2.45) is 0 Å². The molecule has 0 aliphatic carbocycles. The van der Waals surface area contributed by atoms with Crippen molar-refractivity contribution in [2.45, 2.75) is 0 Å². The predicted octanol–water partition coefficient (Wildman–Crippen LogP) is 9.97. The molecule has 0 radical (unpaired) electrons. The number of benzene rings is 6. The van der Waals surface area contributed by atoms with E-state index in [9.17, 15) is 0 Å². The summed E-state index contributed by atoms with van der Waals surface area (Å²) in [6.45, 7) is 0. The van der Waals surface area contributed by atoms with Crippen LogP contribution in [0.3, 0.4) is 0 Å². The van der Waals surface area contributed by atoms with Gasteiger partial charge in [-0.3, -0.25) is 0 Å². The highest BCUT2D eigenvalue weighted by atomic mass is 16.3. The first-order chi connectivity index (χ1) is 17.9. The fourth-order valence-corrected chi connectivity index (χ4v) is 5.79. The fraction of sp³-hybridized carbons (Fsp3) is 0. The van der Waals surface area contributed by atoms with Gasteiger partial charge in [0, 0.05) is 10.8 Å². The Morgan fingerprint density at radius 2 is 1.00 bits per heavy atom. The maximum absolute atomic E-state index is 6.31. The van der Waals surface area contributed by atoms with E-state index in [0.29, 0.717) is 0 Å². The largest absolute Gasteiger partial charge is 0.464 e. The summed E-state index contributed by atoms with van der Waals surface area (Å²) in [5.41, 5.74) is 7.56. The molecule has 0 amide bonds. The molecule has 36 heavy (non-hydrogen) atoms. The SMILES string of the molecule is c1ccc(-c2c3ccccc3c(-c3ccc4oc5c6ccoc6ccc5c4c3)c3ccccc23)cc1. The predicted molar refractivity (Wildman–Crippen MR) is 149 cm³/mol. The molecule has 8 aromatic rings. The number of hydrogen-bond donors (Lipinski definition) is 0. The molecule has 2 aromatic heterocycles. The minimum absolute atomic E-state index is 0.843. The summed E-state index contributed by atoms with van der Waals surface area (Å²) >= 11 is 0. The molecule has 2 nitrogen and oxygen atoms in total. The van der Waals surface area contributed by atoms with Gasteiger partial charge in [-0.25, -0.2) is 0 Å². The Balaban J connectivity index is 1.49. The lowest BCUT2D eigenvalue weighted by atomic mass is 9.86. The minimum Gasteiger partial charge on any atom is -0.464 e. The van der Waals surface area contributed by atoms with Crippen LogP contribution in [0.2, 0.25) is 0 Å². The fourth-order valence-electron chi connectivity index (χ4n) is 5.79. The van der Waals surface area contributed by atoms with Crippen LogP contribution in [0.15, 0.2) is 130 Å². The van der Waals surface area contributed by atoms with E-state index in [2.05, 4.69) is 103 Å². The third-order valence-corrected chi connectivity index (χ3v) is 7.35. The van der Waals surface area contributed by atoms with Crippen molar-refractivity contribution in [3.8, 4) is 22.3 Å². The Labute approximate surface area is 207 Å². The summed E-state index contributed by atoms with van der Waals surface area (Å²) in [6, 6.07) is 40.9. The van der Waals surface area contributed by atoms with Crippen molar-refractivity contribution < 1.29 is 8.83 Å².